The first-order valence-corrected chi connectivity index (χ1v) is 9.04. The van der Waals surface area contributed by atoms with E-state index in [9.17, 15) is 22.0 Å². The summed E-state index contributed by atoms with van der Waals surface area (Å²) in [7, 11) is -0.772. The van der Waals surface area contributed by atoms with Crippen molar-refractivity contribution in [2.24, 2.45) is 0 Å². The standard InChI is InChI=1S/C15H19F2N3O3S.ClH/c1-19(2)24(22,23)11-4-3-10-5-6-20(13(10)7-11)14(21)12-8-15(16,17)9-18-12;/h3-4,7,12,18H,5-6,8-9H2,1-2H3;1H. The zero-order valence-electron chi connectivity index (χ0n) is 13.8. The Morgan fingerprint density at radius 2 is 2.04 bits per heavy atom. The number of amides is 1. The number of nitrogens with one attached hydrogen (secondary N) is 1. The van der Waals surface area contributed by atoms with Crippen LogP contribution >= 0.6 is 12.4 Å². The van der Waals surface area contributed by atoms with Gasteiger partial charge in [0.15, 0.2) is 0 Å². The number of fused-ring (bicyclic) bond motifs is 1. The van der Waals surface area contributed by atoms with Crippen LogP contribution in [0.4, 0.5) is 14.5 Å². The zero-order valence-corrected chi connectivity index (χ0v) is 15.5. The Kier molecular flexibility index (Phi) is 5.44. The van der Waals surface area contributed by atoms with Gasteiger partial charge >= 0.3 is 0 Å². The molecule has 0 aliphatic carbocycles. The molecule has 10 heteroatoms. The molecule has 0 saturated carbocycles. The molecule has 6 nitrogen and oxygen atoms in total. The lowest BCUT2D eigenvalue weighted by molar-refractivity contribution is -0.120. The number of carbonyl (C=O) groups excluding carboxylic acids is 1. The Hall–Kier alpha value is -1.29. The highest BCUT2D eigenvalue weighted by Crippen LogP contribution is 2.33. The van der Waals surface area contributed by atoms with Crippen molar-refractivity contribution >= 4 is 34.0 Å². The van der Waals surface area contributed by atoms with Gasteiger partial charge in [0.1, 0.15) is 0 Å². The van der Waals surface area contributed by atoms with E-state index in [0.29, 0.717) is 18.7 Å². The minimum absolute atomic E-state index is 0. The first-order valence-electron chi connectivity index (χ1n) is 7.60. The van der Waals surface area contributed by atoms with E-state index in [4.69, 9.17) is 0 Å². The number of carbonyl (C=O) groups is 1. The van der Waals surface area contributed by atoms with Gasteiger partial charge < -0.3 is 4.90 Å². The number of rotatable bonds is 3. The first-order chi connectivity index (χ1) is 11.1. The average Bonchev–Trinajstić information content (AvgIpc) is 3.08. The number of benzene rings is 1. The molecule has 25 heavy (non-hydrogen) atoms. The quantitative estimate of drug-likeness (QED) is 0.836. The van der Waals surface area contributed by atoms with Crippen molar-refractivity contribution in [3.63, 3.8) is 0 Å². The molecule has 1 N–H and O–H groups in total. The number of sulfonamides is 1. The SMILES string of the molecule is CN(C)S(=O)(=O)c1ccc2c(c1)N(C(=O)C1CC(F)(F)CN1)CC2.Cl. The van der Waals surface area contributed by atoms with E-state index in [2.05, 4.69) is 5.32 Å². The van der Waals surface area contributed by atoms with E-state index in [1.165, 1.54) is 31.1 Å². The normalized spacial score (nSPS) is 22.0. The largest absolute Gasteiger partial charge is 0.310 e. The molecule has 1 amide bonds. The second-order valence-corrected chi connectivity index (χ2v) is 8.46. The van der Waals surface area contributed by atoms with E-state index in [-0.39, 0.29) is 17.3 Å². The molecule has 1 saturated heterocycles. The summed E-state index contributed by atoms with van der Waals surface area (Å²) in [6.07, 6.45) is 0.0415. The van der Waals surface area contributed by atoms with Crippen molar-refractivity contribution in [1.82, 2.24) is 9.62 Å². The van der Waals surface area contributed by atoms with E-state index in [0.717, 1.165) is 9.87 Å². The molecule has 1 fully saturated rings. The van der Waals surface area contributed by atoms with E-state index < -0.39 is 40.9 Å². The van der Waals surface area contributed by atoms with Gasteiger partial charge in [-0.2, -0.15) is 0 Å². The molecular weight excluding hydrogens is 376 g/mol. The van der Waals surface area contributed by atoms with Gasteiger partial charge in [-0.05, 0) is 24.1 Å². The monoisotopic (exact) mass is 395 g/mol. The maximum absolute atomic E-state index is 13.3. The van der Waals surface area contributed by atoms with Gasteiger partial charge in [-0.3, -0.25) is 10.1 Å². The molecule has 1 unspecified atom stereocenters. The molecule has 140 valence electrons. The molecule has 2 aliphatic heterocycles. The van der Waals surface area contributed by atoms with Crippen molar-refractivity contribution in [1.29, 1.82) is 0 Å². The number of anilines is 1. The Balaban J connectivity index is 0.00000225. The molecule has 2 aliphatic rings. The van der Waals surface area contributed by atoms with Crippen molar-refractivity contribution in [2.45, 2.75) is 29.7 Å². The molecule has 1 atom stereocenters. The topological polar surface area (TPSA) is 69.7 Å². The predicted molar refractivity (Wildman–Crippen MR) is 92.0 cm³/mol. The summed E-state index contributed by atoms with van der Waals surface area (Å²) in [5.74, 6) is -3.33. The summed E-state index contributed by atoms with van der Waals surface area (Å²) in [5.41, 5.74) is 1.32. The zero-order chi connectivity index (χ0) is 17.7. The molecule has 2 heterocycles. The summed E-state index contributed by atoms with van der Waals surface area (Å²) in [6, 6.07) is 3.68. The van der Waals surface area contributed by atoms with Crippen molar-refractivity contribution in [3.8, 4) is 0 Å². The smallest absolute Gasteiger partial charge is 0.262 e. The van der Waals surface area contributed by atoms with Gasteiger partial charge in [0.05, 0.1) is 17.5 Å². The van der Waals surface area contributed by atoms with Crippen LogP contribution in [0.3, 0.4) is 0 Å². The van der Waals surface area contributed by atoms with Gasteiger partial charge in [0.25, 0.3) is 5.92 Å². The Labute approximate surface area is 151 Å². The third-order valence-corrected chi connectivity index (χ3v) is 6.22. The lowest BCUT2D eigenvalue weighted by Crippen LogP contribution is -2.43. The van der Waals surface area contributed by atoms with Crippen LogP contribution in [-0.2, 0) is 21.2 Å². The maximum atomic E-state index is 13.3. The highest BCUT2D eigenvalue weighted by Gasteiger charge is 2.44. The van der Waals surface area contributed by atoms with E-state index in [1.54, 1.807) is 6.07 Å². The van der Waals surface area contributed by atoms with Crippen LogP contribution in [0, 0.1) is 0 Å². The Morgan fingerprint density at radius 3 is 2.60 bits per heavy atom. The van der Waals surface area contributed by atoms with Crippen LogP contribution in [0.5, 0.6) is 0 Å². The highest BCUT2D eigenvalue weighted by molar-refractivity contribution is 7.89. The fourth-order valence-electron chi connectivity index (χ4n) is 3.04. The third kappa shape index (κ3) is 3.64. The molecule has 1 aromatic carbocycles. The van der Waals surface area contributed by atoms with Gasteiger partial charge in [0, 0.05) is 32.7 Å². The van der Waals surface area contributed by atoms with Crippen molar-refractivity contribution in [3.05, 3.63) is 23.8 Å². The summed E-state index contributed by atoms with van der Waals surface area (Å²) in [5, 5.41) is 2.55. The Morgan fingerprint density at radius 1 is 1.36 bits per heavy atom. The Bertz CT molecular complexity index is 786. The predicted octanol–water partition coefficient (Wildman–Crippen LogP) is 1.24. The fourth-order valence-corrected chi connectivity index (χ4v) is 3.96. The lowest BCUT2D eigenvalue weighted by Gasteiger charge is -2.22. The molecule has 1 aromatic rings. The van der Waals surface area contributed by atoms with Crippen LogP contribution in [0.25, 0.3) is 0 Å². The van der Waals surface area contributed by atoms with Gasteiger partial charge in [-0.1, -0.05) is 6.07 Å². The molecule has 0 spiro atoms. The number of alkyl halides is 2. The molecule has 0 radical (unpaired) electrons. The minimum atomic E-state index is -3.63. The second kappa shape index (κ2) is 6.79. The van der Waals surface area contributed by atoms with Crippen LogP contribution in [0.1, 0.15) is 12.0 Å². The summed E-state index contributed by atoms with van der Waals surface area (Å²) >= 11 is 0. The number of hydrogen-bond acceptors (Lipinski definition) is 4. The summed E-state index contributed by atoms with van der Waals surface area (Å²) < 4.78 is 52.3. The molecular formula is C15H20ClF2N3O3S. The molecule has 3 rings (SSSR count). The van der Waals surface area contributed by atoms with Crippen molar-refractivity contribution < 1.29 is 22.0 Å². The van der Waals surface area contributed by atoms with Gasteiger partial charge in [-0.25, -0.2) is 21.5 Å². The van der Waals surface area contributed by atoms with E-state index >= 15 is 0 Å². The third-order valence-electron chi connectivity index (χ3n) is 4.40. The summed E-state index contributed by atoms with van der Waals surface area (Å²) in [6.45, 7) is -0.150. The summed E-state index contributed by atoms with van der Waals surface area (Å²) in [4.78, 5) is 14.0. The number of nitrogens with zero attached hydrogens (tertiary/aromatic N) is 2. The van der Waals surface area contributed by atoms with Crippen LogP contribution in [-0.4, -0.2) is 57.8 Å². The minimum Gasteiger partial charge on any atom is -0.310 e. The number of halogens is 3. The fraction of sp³-hybridized carbons (Fsp3) is 0.533. The van der Waals surface area contributed by atoms with Crippen LogP contribution < -0.4 is 10.2 Å². The highest BCUT2D eigenvalue weighted by atomic mass is 35.5. The van der Waals surface area contributed by atoms with Gasteiger partial charge in [-0.15, -0.1) is 12.4 Å². The lowest BCUT2D eigenvalue weighted by atomic mass is 10.1. The number of hydrogen-bond donors (Lipinski definition) is 1. The first kappa shape index (κ1) is 20.0. The van der Waals surface area contributed by atoms with E-state index in [1.807, 2.05) is 0 Å². The molecule has 0 aromatic heterocycles. The second-order valence-electron chi connectivity index (χ2n) is 6.31. The maximum Gasteiger partial charge on any atom is 0.262 e. The van der Waals surface area contributed by atoms with Crippen molar-refractivity contribution in [2.75, 3.05) is 32.1 Å². The van der Waals surface area contributed by atoms with Crippen LogP contribution in [0.2, 0.25) is 0 Å². The average molecular weight is 396 g/mol. The van der Waals surface area contributed by atoms with Gasteiger partial charge in [0.2, 0.25) is 15.9 Å². The molecule has 0 bridgehead atoms. The van der Waals surface area contributed by atoms with Crippen LogP contribution in [0.15, 0.2) is 23.1 Å².